The van der Waals surface area contributed by atoms with Gasteiger partial charge in [-0.3, -0.25) is 0 Å². The molecule has 1 heteroatoms. The molecule has 0 saturated heterocycles. The van der Waals surface area contributed by atoms with Crippen molar-refractivity contribution in [1.82, 2.24) is 0 Å². The summed E-state index contributed by atoms with van der Waals surface area (Å²) in [7, 11) is -0.503. The van der Waals surface area contributed by atoms with Crippen LogP contribution in [0.2, 0.25) is 0 Å². The van der Waals surface area contributed by atoms with Crippen molar-refractivity contribution in [1.29, 1.82) is 0 Å². The number of rotatable bonds is 3. The van der Waals surface area contributed by atoms with Crippen LogP contribution < -0.4 is 15.9 Å². The van der Waals surface area contributed by atoms with Crippen LogP contribution in [0.5, 0.6) is 0 Å². The van der Waals surface area contributed by atoms with E-state index in [2.05, 4.69) is 94.4 Å². The van der Waals surface area contributed by atoms with Gasteiger partial charge in [0, 0.05) is 0 Å². The molecule has 0 aromatic heterocycles. The van der Waals surface area contributed by atoms with Crippen LogP contribution in [0.15, 0.2) is 66.7 Å². The molecule has 0 nitrogen and oxygen atoms in total. The van der Waals surface area contributed by atoms with Crippen LogP contribution in [0.25, 0.3) is 0 Å². The first-order chi connectivity index (χ1) is 11.0. The van der Waals surface area contributed by atoms with Gasteiger partial charge >= 0.3 is 0 Å². The minimum absolute atomic E-state index is 0.503. The fraction of sp³-hybridized carbons (Fsp3) is 0.182. The van der Waals surface area contributed by atoms with Crippen molar-refractivity contribution >= 4 is 23.8 Å². The Hall–Kier alpha value is -1.91. The second-order valence-electron chi connectivity index (χ2n) is 6.35. The van der Waals surface area contributed by atoms with Gasteiger partial charge in [-0.05, 0) is 51.5 Å². The summed E-state index contributed by atoms with van der Waals surface area (Å²) in [5, 5.41) is 4.27. The lowest BCUT2D eigenvalue weighted by Crippen LogP contribution is -2.21. The van der Waals surface area contributed by atoms with Crippen LogP contribution in [0.1, 0.15) is 22.3 Å². The van der Waals surface area contributed by atoms with Crippen molar-refractivity contribution < 1.29 is 0 Å². The monoisotopic (exact) mass is 318 g/mol. The summed E-state index contributed by atoms with van der Waals surface area (Å²) in [5.41, 5.74) is 5.31. The van der Waals surface area contributed by atoms with E-state index in [1.807, 2.05) is 0 Å². The fourth-order valence-corrected chi connectivity index (χ4v) is 5.37. The quantitative estimate of drug-likeness (QED) is 0.615. The van der Waals surface area contributed by atoms with Crippen LogP contribution in [-0.2, 0) is 0 Å². The Kier molecular flexibility index (Phi) is 4.64. The molecule has 0 aliphatic heterocycles. The Labute approximate surface area is 141 Å². The molecule has 0 heterocycles. The third kappa shape index (κ3) is 3.71. The molecule has 3 aromatic carbocycles. The van der Waals surface area contributed by atoms with E-state index in [4.69, 9.17) is 0 Å². The second-order valence-corrected chi connectivity index (χ2v) is 8.57. The summed E-state index contributed by atoms with van der Waals surface area (Å²) >= 11 is 0. The molecular weight excluding hydrogens is 295 g/mol. The maximum atomic E-state index is 2.35. The molecule has 0 spiro atoms. The van der Waals surface area contributed by atoms with Crippen molar-refractivity contribution in [3.8, 4) is 0 Å². The predicted molar refractivity (Wildman–Crippen MR) is 104 cm³/mol. The summed E-state index contributed by atoms with van der Waals surface area (Å²) in [6, 6.07) is 25.0. The van der Waals surface area contributed by atoms with Crippen LogP contribution in [0.3, 0.4) is 0 Å². The third-order valence-electron chi connectivity index (χ3n) is 4.05. The van der Waals surface area contributed by atoms with Gasteiger partial charge in [-0.1, -0.05) is 89.0 Å². The van der Waals surface area contributed by atoms with Crippen LogP contribution in [-0.4, -0.2) is 0 Å². The van der Waals surface area contributed by atoms with E-state index < -0.39 is 7.92 Å². The van der Waals surface area contributed by atoms with Gasteiger partial charge in [0.1, 0.15) is 0 Å². The van der Waals surface area contributed by atoms with Crippen molar-refractivity contribution in [2.24, 2.45) is 0 Å². The maximum Gasteiger partial charge on any atom is -0.0134 e. The first-order valence-corrected chi connectivity index (χ1v) is 9.39. The molecule has 0 unspecified atom stereocenters. The van der Waals surface area contributed by atoms with E-state index in [0.29, 0.717) is 0 Å². The molecule has 0 N–H and O–H groups in total. The highest BCUT2D eigenvalue weighted by atomic mass is 31.1. The molecule has 0 fully saturated rings. The zero-order valence-corrected chi connectivity index (χ0v) is 15.2. The first-order valence-electron chi connectivity index (χ1n) is 8.05. The normalized spacial score (nSPS) is 11.0. The van der Waals surface area contributed by atoms with Gasteiger partial charge in [-0.2, -0.15) is 0 Å². The second kappa shape index (κ2) is 6.69. The average molecular weight is 318 g/mol. The number of hydrogen-bond acceptors (Lipinski definition) is 0. The standard InChI is InChI=1S/C22H23P/c1-16-5-9-20(10-6-16)23(21-11-7-17(2)8-12-21)22-14-18(3)13-19(4)15-22/h5-15H,1-4H3. The van der Waals surface area contributed by atoms with E-state index in [1.165, 1.54) is 38.2 Å². The van der Waals surface area contributed by atoms with Gasteiger partial charge in [0.2, 0.25) is 0 Å². The Morgan fingerprint density at radius 3 is 1.22 bits per heavy atom. The first kappa shape index (κ1) is 16.0. The molecular formula is C22H23P. The third-order valence-corrected chi connectivity index (χ3v) is 6.45. The van der Waals surface area contributed by atoms with E-state index in [1.54, 1.807) is 0 Å². The van der Waals surface area contributed by atoms with E-state index >= 15 is 0 Å². The van der Waals surface area contributed by atoms with E-state index in [0.717, 1.165) is 0 Å². The van der Waals surface area contributed by atoms with Crippen molar-refractivity contribution in [2.45, 2.75) is 27.7 Å². The van der Waals surface area contributed by atoms with Crippen molar-refractivity contribution in [3.05, 3.63) is 89.0 Å². The van der Waals surface area contributed by atoms with Crippen molar-refractivity contribution in [2.75, 3.05) is 0 Å². The lowest BCUT2D eigenvalue weighted by atomic mass is 10.2. The molecule has 3 rings (SSSR count). The predicted octanol–water partition coefficient (Wildman–Crippen LogP) is 4.68. The summed E-state index contributed by atoms with van der Waals surface area (Å²) in [4.78, 5) is 0. The van der Waals surface area contributed by atoms with E-state index in [-0.39, 0.29) is 0 Å². The van der Waals surface area contributed by atoms with Gasteiger partial charge in [-0.15, -0.1) is 0 Å². The van der Waals surface area contributed by atoms with Gasteiger partial charge in [-0.25, -0.2) is 0 Å². The zero-order chi connectivity index (χ0) is 16.4. The molecule has 0 saturated carbocycles. The smallest absolute Gasteiger partial charge is 0.0134 e. The average Bonchev–Trinajstić information content (AvgIpc) is 2.50. The van der Waals surface area contributed by atoms with Crippen LogP contribution >= 0.6 is 7.92 Å². The molecule has 0 aliphatic rings. The molecule has 0 atom stereocenters. The van der Waals surface area contributed by atoms with Crippen molar-refractivity contribution in [3.63, 3.8) is 0 Å². The Morgan fingerprint density at radius 1 is 0.435 bits per heavy atom. The molecule has 23 heavy (non-hydrogen) atoms. The lowest BCUT2D eigenvalue weighted by molar-refractivity contribution is 1.40. The lowest BCUT2D eigenvalue weighted by Gasteiger charge is -2.21. The SMILES string of the molecule is Cc1ccc(P(c2ccc(C)cc2)c2cc(C)cc(C)c2)cc1. The largest absolute Gasteiger partial charge is 0.0587 e. The molecule has 116 valence electrons. The Bertz CT molecular complexity index is 733. The van der Waals surface area contributed by atoms with E-state index in [9.17, 15) is 0 Å². The number of hydrogen-bond donors (Lipinski definition) is 0. The molecule has 3 aromatic rings. The minimum Gasteiger partial charge on any atom is -0.0587 e. The minimum atomic E-state index is -0.503. The van der Waals surface area contributed by atoms with Crippen LogP contribution in [0, 0.1) is 27.7 Å². The fourth-order valence-electron chi connectivity index (χ4n) is 2.91. The summed E-state index contributed by atoms with van der Waals surface area (Å²) in [6.07, 6.45) is 0. The molecule has 0 aliphatic carbocycles. The highest BCUT2D eigenvalue weighted by molar-refractivity contribution is 7.79. The Balaban J connectivity index is 2.16. The van der Waals surface area contributed by atoms with Gasteiger partial charge < -0.3 is 0 Å². The van der Waals surface area contributed by atoms with Gasteiger partial charge in [0.25, 0.3) is 0 Å². The number of aryl methyl sites for hydroxylation is 4. The molecule has 0 amide bonds. The summed E-state index contributed by atoms with van der Waals surface area (Å²) in [6.45, 7) is 8.67. The maximum absolute atomic E-state index is 2.35. The highest BCUT2D eigenvalue weighted by Gasteiger charge is 2.17. The summed E-state index contributed by atoms with van der Waals surface area (Å²) < 4.78 is 0. The topological polar surface area (TPSA) is 0 Å². The molecule has 0 bridgehead atoms. The Morgan fingerprint density at radius 2 is 0.826 bits per heavy atom. The zero-order valence-electron chi connectivity index (χ0n) is 14.3. The molecule has 0 radical (unpaired) electrons. The highest BCUT2D eigenvalue weighted by Crippen LogP contribution is 2.33. The number of benzene rings is 3. The van der Waals surface area contributed by atoms with Gasteiger partial charge in [0.15, 0.2) is 0 Å². The summed E-state index contributed by atoms with van der Waals surface area (Å²) in [5.74, 6) is 0. The van der Waals surface area contributed by atoms with Gasteiger partial charge in [0.05, 0.1) is 0 Å². The van der Waals surface area contributed by atoms with Crippen LogP contribution in [0.4, 0.5) is 0 Å².